The number of nitro groups is 1. The van der Waals surface area contributed by atoms with Crippen LogP contribution in [0.25, 0.3) is 0 Å². The second kappa shape index (κ2) is 13.1. The zero-order chi connectivity index (χ0) is 15.2. The third kappa shape index (κ3) is 9.05. The molecule has 0 saturated carbocycles. The van der Waals surface area contributed by atoms with Crippen molar-refractivity contribution in [3.8, 4) is 0 Å². The third-order valence-electron chi connectivity index (χ3n) is 3.53. The molecule has 0 aliphatic heterocycles. The van der Waals surface area contributed by atoms with Gasteiger partial charge in [0.25, 0.3) is 0 Å². The molecule has 0 aromatic carbocycles. The van der Waals surface area contributed by atoms with Crippen molar-refractivity contribution >= 4 is 5.71 Å². The molecule has 0 heterocycles. The van der Waals surface area contributed by atoms with Gasteiger partial charge in [0, 0.05) is 17.9 Å². The maximum absolute atomic E-state index is 11.1. The average Bonchev–Trinajstić information content (AvgIpc) is 2.42. The molecule has 20 heavy (non-hydrogen) atoms. The largest absolute Gasteiger partial charge is 0.287 e. The fraction of sp³-hybridized carbons (Fsp3) is 0.938. The summed E-state index contributed by atoms with van der Waals surface area (Å²) in [6.07, 6.45) is 10.5. The van der Waals surface area contributed by atoms with E-state index in [4.69, 9.17) is 0 Å². The summed E-state index contributed by atoms with van der Waals surface area (Å²) in [5.74, 6) is 0. The number of hydrogen-bond donors (Lipinski definition) is 0. The summed E-state index contributed by atoms with van der Waals surface area (Å²) >= 11 is 0. The van der Waals surface area contributed by atoms with E-state index >= 15 is 0 Å². The normalized spacial score (nSPS) is 13.4. The summed E-state index contributed by atoms with van der Waals surface area (Å²) in [7, 11) is 0. The molecule has 0 aromatic heterocycles. The molecule has 0 aliphatic rings. The zero-order valence-corrected chi connectivity index (χ0v) is 13.6. The first-order chi connectivity index (χ1) is 9.67. The van der Waals surface area contributed by atoms with Crippen molar-refractivity contribution in [3.63, 3.8) is 0 Å². The van der Waals surface area contributed by atoms with Crippen molar-refractivity contribution in [2.75, 3.05) is 6.54 Å². The summed E-state index contributed by atoms with van der Waals surface area (Å²) < 4.78 is 0. The van der Waals surface area contributed by atoms with Gasteiger partial charge in [0.15, 0.2) is 0 Å². The first-order valence-electron chi connectivity index (χ1n) is 8.33. The molecule has 1 atom stereocenters. The molecule has 0 saturated heterocycles. The molecule has 0 spiro atoms. The second-order valence-electron chi connectivity index (χ2n) is 5.48. The van der Waals surface area contributed by atoms with Gasteiger partial charge in [-0.05, 0) is 19.3 Å². The van der Waals surface area contributed by atoms with Gasteiger partial charge in [-0.2, -0.15) is 0 Å². The SMILES string of the molecule is CCCCCCCC/N=C(/CCC)C(CCC)[N+](=O)[O-]. The van der Waals surface area contributed by atoms with Gasteiger partial charge >= 0.3 is 0 Å². The monoisotopic (exact) mass is 284 g/mol. The molecule has 0 aliphatic carbocycles. The summed E-state index contributed by atoms with van der Waals surface area (Å²) in [5, 5.41) is 11.1. The lowest BCUT2D eigenvalue weighted by atomic mass is 10.0. The molecule has 0 rings (SSSR count). The van der Waals surface area contributed by atoms with Gasteiger partial charge in [-0.25, -0.2) is 0 Å². The molecular weight excluding hydrogens is 252 g/mol. The van der Waals surface area contributed by atoms with E-state index in [0.717, 1.165) is 37.9 Å². The Balaban J connectivity index is 4.20. The number of unbranched alkanes of at least 4 members (excludes halogenated alkanes) is 5. The Labute approximate surface area is 124 Å². The number of nitrogens with zero attached hydrogens (tertiary/aromatic N) is 2. The molecule has 4 nitrogen and oxygen atoms in total. The third-order valence-corrected chi connectivity index (χ3v) is 3.53. The van der Waals surface area contributed by atoms with Gasteiger partial charge < -0.3 is 0 Å². The lowest BCUT2D eigenvalue weighted by molar-refractivity contribution is -0.504. The lowest BCUT2D eigenvalue weighted by Gasteiger charge is -2.11. The zero-order valence-electron chi connectivity index (χ0n) is 13.6. The Morgan fingerprint density at radius 1 is 1.00 bits per heavy atom. The smallest absolute Gasteiger partial charge is 0.250 e. The molecule has 0 amide bonds. The van der Waals surface area contributed by atoms with Crippen molar-refractivity contribution in [2.24, 2.45) is 4.99 Å². The van der Waals surface area contributed by atoms with Gasteiger partial charge in [0.1, 0.15) is 0 Å². The Hall–Kier alpha value is -0.930. The molecule has 0 N–H and O–H groups in total. The molecule has 4 heteroatoms. The minimum absolute atomic E-state index is 0.154. The highest BCUT2D eigenvalue weighted by Crippen LogP contribution is 2.10. The van der Waals surface area contributed by atoms with E-state index in [-0.39, 0.29) is 4.92 Å². The fourth-order valence-corrected chi connectivity index (χ4v) is 2.39. The van der Waals surface area contributed by atoms with Crippen LogP contribution in [-0.4, -0.2) is 23.2 Å². The highest BCUT2D eigenvalue weighted by Gasteiger charge is 2.24. The number of hydrogen-bond acceptors (Lipinski definition) is 3. The molecule has 118 valence electrons. The molecule has 0 aromatic rings. The summed E-state index contributed by atoms with van der Waals surface area (Å²) in [5.41, 5.74) is 0.813. The van der Waals surface area contributed by atoms with Gasteiger partial charge in [-0.1, -0.05) is 59.3 Å². The maximum Gasteiger partial charge on any atom is 0.250 e. The van der Waals surface area contributed by atoms with E-state index in [0.29, 0.717) is 6.42 Å². The first kappa shape index (κ1) is 19.1. The highest BCUT2D eigenvalue weighted by atomic mass is 16.6. The molecule has 0 bridgehead atoms. The van der Waals surface area contributed by atoms with Crippen LogP contribution in [0.2, 0.25) is 0 Å². The van der Waals surface area contributed by atoms with Crippen LogP contribution in [-0.2, 0) is 0 Å². The van der Waals surface area contributed by atoms with E-state index in [1.165, 1.54) is 32.1 Å². The second-order valence-corrected chi connectivity index (χ2v) is 5.48. The van der Waals surface area contributed by atoms with Gasteiger partial charge in [0.2, 0.25) is 6.04 Å². The Kier molecular flexibility index (Phi) is 12.5. The molecule has 0 fully saturated rings. The van der Waals surface area contributed by atoms with E-state index in [1.54, 1.807) is 0 Å². The number of rotatable bonds is 13. The Morgan fingerprint density at radius 3 is 2.20 bits per heavy atom. The van der Waals surface area contributed by atoms with Crippen molar-refractivity contribution in [2.45, 2.75) is 91.0 Å². The van der Waals surface area contributed by atoms with Crippen molar-refractivity contribution < 1.29 is 4.92 Å². The fourth-order valence-electron chi connectivity index (χ4n) is 2.39. The van der Waals surface area contributed by atoms with Gasteiger partial charge in [-0.3, -0.25) is 15.1 Å². The molecule has 1 unspecified atom stereocenters. The van der Waals surface area contributed by atoms with Gasteiger partial charge in [-0.15, -0.1) is 0 Å². The van der Waals surface area contributed by atoms with Crippen LogP contribution in [0.1, 0.15) is 85.0 Å². The van der Waals surface area contributed by atoms with E-state index in [9.17, 15) is 10.1 Å². The minimum Gasteiger partial charge on any atom is -0.287 e. The van der Waals surface area contributed by atoms with Crippen LogP contribution in [0, 0.1) is 10.1 Å². The number of aliphatic imine (C=N–C) groups is 1. The Bertz CT molecular complexity index is 278. The lowest BCUT2D eigenvalue weighted by Crippen LogP contribution is -2.29. The maximum atomic E-state index is 11.1. The molecular formula is C16H32N2O2. The van der Waals surface area contributed by atoms with Crippen LogP contribution in [0.15, 0.2) is 4.99 Å². The van der Waals surface area contributed by atoms with E-state index in [2.05, 4.69) is 18.8 Å². The van der Waals surface area contributed by atoms with Crippen LogP contribution < -0.4 is 0 Å². The van der Waals surface area contributed by atoms with E-state index in [1.807, 2.05) is 6.92 Å². The highest BCUT2D eigenvalue weighted by molar-refractivity contribution is 5.88. The predicted octanol–water partition coefficient (Wildman–Crippen LogP) is 5.03. The first-order valence-corrected chi connectivity index (χ1v) is 8.33. The van der Waals surface area contributed by atoms with Crippen molar-refractivity contribution in [3.05, 3.63) is 10.1 Å². The van der Waals surface area contributed by atoms with Gasteiger partial charge in [0.05, 0.1) is 5.71 Å². The van der Waals surface area contributed by atoms with Crippen LogP contribution in [0.3, 0.4) is 0 Å². The standard InChI is InChI=1S/C16H32N2O2/c1-4-7-8-9-10-11-14-17-15(12-5-2)16(13-6-3)18(19)20/h16H,4-14H2,1-3H3/b17-15-. The van der Waals surface area contributed by atoms with E-state index < -0.39 is 6.04 Å². The Morgan fingerprint density at radius 2 is 1.65 bits per heavy atom. The summed E-state index contributed by atoms with van der Waals surface area (Å²) in [6.45, 7) is 7.03. The summed E-state index contributed by atoms with van der Waals surface area (Å²) in [6, 6.07) is -0.556. The van der Waals surface area contributed by atoms with Crippen molar-refractivity contribution in [1.29, 1.82) is 0 Å². The quantitative estimate of drug-likeness (QED) is 0.206. The minimum atomic E-state index is -0.556. The van der Waals surface area contributed by atoms with Crippen LogP contribution >= 0.6 is 0 Å². The summed E-state index contributed by atoms with van der Waals surface area (Å²) in [4.78, 5) is 15.5. The van der Waals surface area contributed by atoms with Crippen LogP contribution in [0.5, 0.6) is 0 Å². The van der Waals surface area contributed by atoms with Crippen molar-refractivity contribution in [1.82, 2.24) is 0 Å². The molecule has 0 radical (unpaired) electrons. The topological polar surface area (TPSA) is 55.5 Å². The predicted molar refractivity (Wildman–Crippen MR) is 86.3 cm³/mol. The average molecular weight is 284 g/mol. The van der Waals surface area contributed by atoms with Crippen LogP contribution in [0.4, 0.5) is 0 Å².